The van der Waals surface area contributed by atoms with Crippen molar-refractivity contribution in [2.45, 2.75) is 11.8 Å². The number of nitrogens with zero attached hydrogens (tertiary/aromatic N) is 3. The van der Waals surface area contributed by atoms with E-state index in [0.29, 0.717) is 28.8 Å². The fraction of sp³-hybridized carbons (Fsp3) is 0.214. The van der Waals surface area contributed by atoms with E-state index in [9.17, 15) is 13.9 Å². The molecule has 9 heteroatoms. The van der Waals surface area contributed by atoms with Crippen LogP contribution in [0.3, 0.4) is 0 Å². The number of carbonyl (C=O) groups is 1. The minimum Gasteiger partial charge on any atom is -0.354 e. The van der Waals surface area contributed by atoms with Crippen LogP contribution in [0.2, 0.25) is 0 Å². The lowest BCUT2D eigenvalue weighted by atomic mass is 10.1. The molecule has 23 heavy (non-hydrogen) atoms. The number of hydrogen-bond donors (Lipinski definition) is 4. The van der Waals surface area contributed by atoms with Crippen molar-refractivity contribution < 1.29 is 13.9 Å². The summed E-state index contributed by atoms with van der Waals surface area (Å²) >= 11 is 0. The molecule has 2 aromatic heterocycles. The first-order chi connectivity index (χ1) is 10.9. The maximum absolute atomic E-state index is 11.1. The summed E-state index contributed by atoms with van der Waals surface area (Å²) in [4.78, 5) is 19.8. The number of nitrogens with one attached hydrogen (secondary N) is 2. The van der Waals surface area contributed by atoms with Crippen LogP contribution in [0.1, 0.15) is 6.92 Å². The lowest BCUT2D eigenvalue weighted by molar-refractivity contribution is -0.114. The molecule has 122 valence electrons. The van der Waals surface area contributed by atoms with E-state index in [4.69, 9.17) is 0 Å². The Bertz CT molecular complexity index is 768. The van der Waals surface area contributed by atoms with E-state index in [1.807, 2.05) is 0 Å². The van der Waals surface area contributed by atoms with Crippen LogP contribution in [0.15, 0.2) is 35.5 Å². The molecule has 0 atom stereocenters. The summed E-state index contributed by atoms with van der Waals surface area (Å²) < 4.78 is 22.2. The van der Waals surface area contributed by atoms with Gasteiger partial charge in [0.05, 0.1) is 6.67 Å². The van der Waals surface area contributed by atoms with E-state index >= 15 is 0 Å². The highest BCUT2D eigenvalue weighted by Crippen LogP contribution is 2.55. The van der Waals surface area contributed by atoms with Crippen LogP contribution in [-0.4, -0.2) is 43.0 Å². The summed E-state index contributed by atoms with van der Waals surface area (Å²) in [5.41, 5.74) is 1.47. The third-order valence-corrected chi connectivity index (χ3v) is 5.35. The molecule has 0 aliphatic carbocycles. The quantitative estimate of drug-likeness (QED) is 0.667. The number of fused-ring (bicyclic) bond motifs is 1. The summed E-state index contributed by atoms with van der Waals surface area (Å²) in [7, 11) is -1.43. The van der Waals surface area contributed by atoms with E-state index in [0.717, 1.165) is 5.56 Å². The second-order valence-electron chi connectivity index (χ2n) is 5.16. The highest BCUT2D eigenvalue weighted by Gasteiger charge is 2.30. The third-order valence-electron chi connectivity index (χ3n) is 3.45. The molecule has 0 radical (unpaired) electrons. The fourth-order valence-electron chi connectivity index (χ4n) is 2.25. The molecule has 8 nitrogen and oxygen atoms in total. The van der Waals surface area contributed by atoms with Gasteiger partial charge in [0.1, 0.15) is 10.7 Å². The molecule has 4 N–H and O–H groups in total. The Hall–Kier alpha value is -2.20. The van der Waals surface area contributed by atoms with Gasteiger partial charge in [-0.05, 0) is 23.8 Å². The Kier molecular flexibility index (Phi) is 3.94. The summed E-state index contributed by atoms with van der Waals surface area (Å²) in [6.45, 7) is 1.72. The molecule has 1 aliphatic rings. The standard InChI is InChI=1S/C14H17N5O3S/c1-9(20)18-13-6-10(3-4-15-13)11-5-12-14(16-7-11)17-8-19(2)23(12,21)22/h3-7,21-22H,8H2,1-2H3,(H,16,17)(H,15,18,20). The minimum absolute atomic E-state index is 0.210. The van der Waals surface area contributed by atoms with Gasteiger partial charge in [0, 0.05) is 31.9 Å². The Balaban J connectivity index is 2.02. The lowest BCUT2D eigenvalue weighted by Gasteiger charge is -2.44. The van der Waals surface area contributed by atoms with Crippen LogP contribution in [0.25, 0.3) is 11.1 Å². The van der Waals surface area contributed by atoms with Crippen molar-refractivity contribution in [2.75, 3.05) is 24.3 Å². The van der Waals surface area contributed by atoms with Crippen molar-refractivity contribution in [3.05, 3.63) is 30.6 Å². The van der Waals surface area contributed by atoms with Crippen molar-refractivity contribution in [3.8, 4) is 11.1 Å². The van der Waals surface area contributed by atoms with Crippen LogP contribution < -0.4 is 10.6 Å². The van der Waals surface area contributed by atoms with Gasteiger partial charge in [-0.3, -0.25) is 13.9 Å². The molecule has 3 heterocycles. The van der Waals surface area contributed by atoms with Crippen LogP contribution in [0.4, 0.5) is 11.6 Å². The average Bonchev–Trinajstić information content (AvgIpc) is 2.51. The molecule has 0 spiro atoms. The molecular weight excluding hydrogens is 318 g/mol. The van der Waals surface area contributed by atoms with E-state index in [1.54, 1.807) is 37.6 Å². The smallest absolute Gasteiger partial charge is 0.222 e. The zero-order chi connectivity index (χ0) is 16.6. The van der Waals surface area contributed by atoms with E-state index in [1.165, 1.54) is 11.2 Å². The van der Waals surface area contributed by atoms with E-state index in [2.05, 4.69) is 20.6 Å². The Labute approximate surface area is 135 Å². The minimum atomic E-state index is -3.06. The second-order valence-corrected chi connectivity index (χ2v) is 7.26. The Morgan fingerprint density at radius 3 is 2.87 bits per heavy atom. The molecule has 0 bridgehead atoms. The first-order valence-electron chi connectivity index (χ1n) is 6.85. The average molecular weight is 335 g/mol. The Morgan fingerprint density at radius 1 is 1.35 bits per heavy atom. The van der Waals surface area contributed by atoms with Crippen molar-refractivity contribution in [2.24, 2.45) is 0 Å². The van der Waals surface area contributed by atoms with Gasteiger partial charge < -0.3 is 10.6 Å². The van der Waals surface area contributed by atoms with Crippen molar-refractivity contribution in [1.82, 2.24) is 14.3 Å². The predicted octanol–water partition coefficient (Wildman–Crippen LogP) is 2.44. The van der Waals surface area contributed by atoms with Crippen LogP contribution in [0, 0.1) is 0 Å². The molecule has 0 unspecified atom stereocenters. The highest BCUT2D eigenvalue weighted by molar-refractivity contribution is 8.22. The summed E-state index contributed by atoms with van der Waals surface area (Å²) in [6, 6.07) is 5.16. The third kappa shape index (κ3) is 2.99. The first-order valence-corrected chi connectivity index (χ1v) is 8.36. The number of rotatable bonds is 2. The van der Waals surface area contributed by atoms with Crippen LogP contribution >= 0.6 is 10.8 Å². The van der Waals surface area contributed by atoms with Gasteiger partial charge >= 0.3 is 0 Å². The molecule has 3 rings (SSSR count). The molecule has 0 saturated heterocycles. The van der Waals surface area contributed by atoms with Crippen LogP contribution in [-0.2, 0) is 4.79 Å². The molecule has 0 saturated carbocycles. The first kappa shape index (κ1) is 15.7. The van der Waals surface area contributed by atoms with Gasteiger partial charge in [0.2, 0.25) is 5.91 Å². The summed E-state index contributed by atoms with van der Waals surface area (Å²) in [5, 5.41) is 5.65. The van der Waals surface area contributed by atoms with Gasteiger partial charge in [-0.1, -0.05) is 0 Å². The Morgan fingerprint density at radius 2 is 2.13 bits per heavy atom. The summed E-state index contributed by atoms with van der Waals surface area (Å²) in [6.07, 6.45) is 3.21. The maximum Gasteiger partial charge on any atom is 0.222 e. The molecule has 1 aliphatic heterocycles. The number of amides is 1. The monoisotopic (exact) mass is 335 g/mol. The van der Waals surface area contributed by atoms with Crippen molar-refractivity contribution in [3.63, 3.8) is 0 Å². The summed E-state index contributed by atoms with van der Waals surface area (Å²) in [5.74, 6) is 0.677. The zero-order valence-electron chi connectivity index (χ0n) is 12.6. The molecule has 1 amide bonds. The van der Waals surface area contributed by atoms with Gasteiger partial charge in [-0.25, -0.2) is 9.97 Å². The molecule has 0 fully saturated rings. The van der Waals surface area contributed by atoms with Gasteiger partial charge in [0.15, 0.2) is 5.82 Å². The van der Waals surface area contributed by atoms with Crippen molar-refractivity contribution >= 4 is 28.3 Å². The van der Waals surface area contributed by atoms with Gasteiger partial charge in [-0.15, -0.1) is 10.8 Å². The van der Waals surface area contributed by atoms with Gasteiger partial charge in [-0.2, -0.15) is 4.31 Å². The lowest BCUT2D eigenvalue weighted by Crippen LogP contribution is -2.34. The second kappa shape index (κ2) is 5.78. The fourth-order valence-corrected chi connectivity index (χ4v) is 3.50. The number of pyridine rings is 2. The molecule has 2 aromatic rings. The number of anilines is 2. The SMILES string of the molecule is CC(=O)Nc1cc(-c2cnc3c(c2)S(O)(O)N(C)CN3)ccn1. The molecule has 0 aromatic carbocycles. The van der Waals surface area contributed by atoms with Crippen molar-refractivity contribution in [1.29, 1.82) is 0 Å². The van der Waals surface area contributed by atoms with E-state index in [-0.39, 0.29) is 5.91 Å². The normalized spacial score (nSPS) is 17.7. The molecular formula is C14H17N5O3S. The van der Waals surface area contributed by atoms with E-state index < -0.39 is 10.8 Å². The zero-order valence-corrected chi connectivity index (χ0v) is 13.5. The maximum atomic E-state index is 11.1. The highest BCUT2D eigenvalue weighted by atomic mass is 32.3. The van der Waals surface area contributed by atoms with Crippen LogP contribution in [0.5, 0.6) is 0 Å². The number of hydrogen-bond acceptors (Lipinski definition) is 7. The largest absolute Gasteiger partial charge is 0.354 e. The topological polar surface area (TPSA) is 111 Å². The number of carbonyl (C=O) groups excluding carboxylic acids is 1. The predicted molar refractivity (Wildman–Crippen MR) is 89.1 cm³/mol. The van der Waals surface area contributed by atoms with Gasteiger partial charge in [0.25, 0.3) is 0 Å². The number of aromatic nitrogens is 2.